The minimum Gasteiger partial charge on any atom is -0.481 e. The van der Waals surface area contributed by atoms with Gasteiger partial charge in [-0.1, -0.05) is 6.07 Å². The first-order valence-corrected chi connectivity index (χ1v) is 8.09. The summed E-state index contributed by atoms with van der Waals surface area (Å²) in [6.45, 7) is 1.97. The summed E-state index contributed by atoms with van der Waals surface area (Å²) in [5.41, 5.74) is 5.91. The van der Waals surface area contributed by atoms with Gasteiger partial charge in [0.05, 0.1) is 18.4 Å². The van der Waals surface area contributed by atoms with Gasteiger partial charge in [-0.05, 0) is 50.5 Å². The number of methoxy groups -OCH3 is 1. The second kappa shape index (κ2) is 6.00. The monoisotopic (exact) mass is 318 g/mol. The Morgan fingerprint density at radius 1 is 1.00 bits per heavy atom. The van der Waals surface area contributed by atoms with Crippen molar-refractivity contribution in [1.82, 2.24) is 19.9 Å². The van der Waals surface area contributed by atoms with Gasteiger partial charge in [-0.2, -0.15) is 0 Å². The first-order valence-electron chi connectivity index (χ1n) is 8.09. The number of aromatic nitrogens is 4. The molecule has 0 unspecified atom stereocenters. The van der Waals surface area contributed by atoms with Crippen LogP contribution >= 0.6 is 0 Å². The Morgan fingerprint density at radius 2 is 1.92 bits per heavy atom. The summed E-state index contributed by atoms with van der Waals surface area (Å²) in [4.78, 5) is 18.5. The van der Waals surface area contributed by atoms with Gasteiger partial charge in [-0.3, -0.25) is 0 Å². The molecule has 0 amide bonds. The van der Waals surface area contributed by atoms with Crippen LogP contribution in [0, 0.1) is 6.92 Å². The third-order valence-electron chi connectivity index (χ3n) is 4.27. The zero-order chi connectivity index (χ0) is 16.5. The minimum absolute atomic E-state index is 0.591. The van der Waals surface area contributed by atoms with E-state index in [1.54, 1.807) is 13.3 Å². The van der Waals surface area contributed by atoms with Crippen LogP contribution in [0.4, 0.5) is 0 Å². The average molecular weight is 318 g/mol. The Kier molecular flexibility index (Phi) is 3.69. The molecule has 0 fully saturated rings. The van der Waals surface area contributed by atoms with E-state index in [4.69, 9.17) is 14.7 Å². The van der Waals surface area contributed by atoms with E-state index in [1.807, 2.05) is 37.3 Å². The molecule has 0 aliphatic heterocycles. The molecule has 1 aliphatic rings. The van der Waals surface area contributed by atoms with Crippen molar-refractivity contribution in [1.29, 1.82) is 0 Å². The summed E-state index contributed by atoms with van der Waals surface area (Å²) in [5.74, 6) is 1.26. The van der Waals surface area contributed by atoms with E-state index in [1.165, 1.54) is 5.56 Å². The normalized spacial score (nSPS) is 12.9. The van der Waals surface area contributed by atoms with Crippen molar-refractivity contribution < 1.29 is 4.74 Å². The van der Waals surface area contributed by atoms with E-state index in [-0.39, 0.29) is 0 Å². The second-order valence-electron chi connectivity index (χ2n) is 5.90. The van der Waals surface area contributed by atoms with Gasteiger partial charge in [0.15, 0.2) is 5.82 Å². The molecule has 0 spiro atoms. The van der Waals surface area contributed by atoms with Crippen LogP contribution in [0.2, 0.25) is 0 Å². The van der Waals surface area contributed by atoms with Gasteiger partial charge in [0.2, 0.25) is 5.88 Å². The summed E-state index contributed by atoms with van der Waals surface area (Å²) < 4.78 is 5.44. The Labute approximate surface area is 140 Å². The predicted molar refractivity (Wildman–Crippen MR) is 91.8 cm³/mol. The fourth-order valence-corrected chi connectivity index (χ4v) is 3.17. The predicted octanol–water partition coefficient (Wildman–Crippen LogP) is 3.41. The molecule has 3 aromatic rings. The summed E-state index contributed by atoms with van der Waals surface area (Å²) in [6.07, 6.45) is 4.80. The van der Waals surface area contributed by atoms with Gasteiger partial charge in [0, 0.05) is 23.1 Å². The molecular formula is C19H18N4O. The zero-order valence-corrected chi connectivity index (χ0v) is 13.8. The van der Waals surface area contributed by atoms with E-state index in [2.05, 4.69) is 9.97 Å². The van der Waals surface area contributed by atoms with Gasteiger partial charge in [0.25, 0.3) is 0 Å². The van der Waals surface area contributed by atoms with Gasteiger partial charge in [-0.25, -0.2) is 19.9 Å². The number of hydrogen-bond acceptors (Lipinski definition) is 5. The fourth-order valence-electron chi connectivity index (χ4n) is 3.17. The number of rotatable bonds is 3. The van der Waals surface area contributed by atoms with Gasteiger partial charge in [-0.15, -0.1) is 0 Å². The number of aryl methyl sites for hydroxylation is 2. The first-order chi connectivity index (χ1) is 11.8. The molecule has 0 radical (unpaired) electrons. The molecule has 3 aromatic heterocycles. The minimum atomic E-state index is 0.591. The van der Waals surface area contributed by atoms with Crippen LogP contribution in [0.15, 0.2) is 36.5 Å². The molecule has 0 N–H and O–H groups in total. The number of ether oxygens (including phenoxy) is 1. The van der Waals surface area contributed by atoms with Crippen LogP contribution < -0.4 is 4.74 Å². The van der Waals surface area contributed by atoms with Crippen molar-refractivity contribution in [2.75, 3.05) is 7.11 Å². The lowest BCUT2D eigenvalue weighted by atomic mass is 10.1. The van der Waals surface area contributed by atoms with Gasteiger partial charge in [0.1, 0.15) is 5.69 Å². The van der Waals surface area contributed by atoms with Crippen molar-refractivity contribution in [2.45, 2.75) is 26.2 Å². The average Bonchev–Trinajstić information content (AvgIpc) is 3.09. The third kappa shape index (κ3) is 2.52. The van der Waals surface area contributed by atoms with E-state index in [9.17, 15) is 0 Å². The molecule has 4 rings (SSSR count). The molecule has 0 saturated carbocycles. The van der Waals surface area contributed by atoms with Gasteiger partial charge >= 0.3 is 0 Å². The van der Waals surface area contributed by atoms with Crippen molar-refractivity contribution in [3.63, 3.8) is 0 Å². The van der Waals surface area contributed by atoms with Crippen LogP contribution in [0.3, 0.4) is 0 Å². The number of fused-ring (bicyclic) bond motifs is 1. The molecule has 5 nitrogen and oxygen atoms in total. The molecule has 3 heterocycles. The smallest absolute Gasteiger partial charge is 0.222 e. The van der Waals surface area contributed by atoms with Crippen molar-refractivity contribution in [3.8, 4) is 28.7 Å². The molecule has 5 heteroatoms. The summed E-state index contributed by atoms with van der Waals surface area (Å²) in [7, 11) is 1.64. The van der Waals surface area contributed by atoms with Crippen LogP contribution in [-0.2, 0) is 12.8 Å². The molecule has 0 saturated heterocycles. The highest BCUT2D eigenvalue weighted by molar-refractivity contribution is 5.71. The van der Waals surface area contributed by atoms with Crippen molar-refractivity contribution in [2.24, 2.45) is 0 Å². The maximum atomic E-state index is 5.44. The maximum absolute atomic E-state index is 5.44. The summed E-state index contributed by atoms with van der Waals surface area (Å²) in [6, 6.07) is 9.82. The number of nitrogens with zero attached hydrogens (tertiary/aromatic N) is 4. The summed E-state index contributed by atoms with van der Waals surface area (Å²) >= 11 is 0. The largest absolute Gasteiger partial charge is 0.481 e. The molecule has 24 heavy (non-hydrogen) atoms. The Hall–Kier alpha value is -2.82. The Morgan fingerprint density at radius 3 is 2.75 bits per heavy atom. The number of hydrogen-bond donors (Lipinski definition) is 0. The lowest BCUT2D eigenvalue weighted by molar-refractivity contribution is 0.399. The third-order valence-corrected chi connectivity index (χ3v) is 4.27. The Balaban J connectivity index is 1.94. The Bertz CT molecular complexity index is 908. The van der Waals surface area contributed by atoms with Crippen molar-refractivity contribution in [3.05, 3.63) is 53.5 Å². The van der Waals surface area contributed by atoms with E-state index in [0.717, 1.165) is 47.6 Å². The van der Waals surface area contributed by atoms with E-state index < -0.39 is 0 Å². The SMILES string of the molecule is COc1ncccc1-c1nc(-c2cccc(C)n2)nc2c1CCC2. The van der Waals surface area contributed by atoms with Crippen LogP contribution in [0.25, 0.3) is 22.8 Å². The van der Waals surface area contributed by atoms with E-state index >= 15 is 0 Å². The maximum Gasteiger partial charge on any atom is 0.222 e. The first kappa shape index (κ1) is 14.8. The quantitative estimate of drug-likeness (QED) is 0.740. The fraction of sp³-hybridized carbons (Fsp3) is 0.263. The van der Waals surface area contributed by atoms with Crippen LogP contribution in [0.1, 0.15) is 23.4 Å². The van der Waals surface area contributed by atoms with Crippen LogP contribution in [0.5, 0.6) is 5.88 Å². The zero-order valence-electron chi connectivity index (χ0n) is 13.8. The summed E-state index contributed by atoms with van der Waals surface area (Å²) in [5, 5.41) is 0. The lowest BCUT2D eigenvalue weighted by Gasteiger charge is -2.12. The molecular weight excluding hydrogens is 300 g/mol. The molecule has 0 aromatic carbocycles. The highest BCUT2D eigenvalue weighted by atomic mass is 16.5. The molecule has 0 bridgehead atoms. The molecule has 120 valence electrons. The van der Waals surface area contributed by atoms with Crippen LogP contribution in [-0.4, -0.2) is 27.0 Å². The topological polar surface area (TPSA) is 60.8 Å². The highest BCUT2D eigenvalue weighted by Crippen LogP contribution is 2.35. The molecule has 0 atom stereocenters. The van der Waals surface area contributed by atoms with Crippen molar-refractivity contribution >= 4 is 0 Å². The molecule has 1 aliphatic carbocycles. The lowest BCUT2D eigenvalue weighted by Crippen LogP contribution is -2.03. The second-order valence-corrected chi connectivity index (χ2v) is 5.90. The number of pyridine rings is 2. The van der Waals surface area contributed by atoms with Gasteiger partial charge < -0.3 is 4.74 Å². The highest BCUT2D eigenvalue weighted by Gasteiger charge is 2.23. The standard InChI is InChI=1S/C19H18N4O/c1-12-6-3-10-16(21-12)18-22-15-9-4-7-13(15)17(23-18)14-8-5-11-20-19(14)24-2/h3,5-6,8,10-11H,4,7,9H2,1-2H3. The van der Waals surface area contributed by atoms with E-state index in [0.29, 0.717) is 11.7 Å².